The van der Waals surface area contributed by atoms with Crippen LogP contribution >= 0.6 is 0 Å². The number of rotatable bonds is 7. The van der Waals surface area contributed by atoms with Gasteiger partial charge in [0.1, 0.15) is 0 Å². The van der Waals surface area contributed by atoms with Gasteiger partial charge in [-0.25, -0.2) is 0 Å². The molecule has 1 aromatic carbocycles. The van der Waals surface area contributed by atoms with Gasteiger partial charge in [0.25, 0.3) is 0 Å². The summed E-state index contributed by atoms with van der Waals surface area (Å²) in [6, 6.07) is 9.04. The molecular formula is C16H27N. The van der Waals surface area contributed by atoms with Crippen molar-refractivity contribution in [3.05, 3.63) is 35.4 Å². The van der Waals surface area contributed by atoms with Crippen molar-refractivity contribution in [1.29, 1.82) is 0 Å². The lowest BCUT2D eigenvalue weighted by Crippen LogP contribution is -2.26. The topological polar surface area (TPSA) is 12.0 Å². The second-order valence-electron chi connectivity index (χ2n) is 5.11. The zero-order valence-electron chi connectivity index (χ0n) is 11.8. The summed E-state index contributed by atoms with van der Waals surface area (Å²) in [4.78, 5) is 0. The molecule has 1 N–H and O–H groups in total. The van der Waals surface area contributed by atoms with Gasteiger partial charge < -0.3 is 5.32 Å². The molecule has 0 heterocycles. The zero-order valence-corrected chi connectivity index (χ0v) is 11.8. The molecule has 0 aliphatic heterocycles. The second kappa shape index (κ2) is 7.50. The molecule has 1 heteroatoms. The highest BCUT2D eigenvalue weighted by Gasteiger charge is 2.17. The maximum absolute atomic E-state index is 3.56. The molecular weight excluding hydrogens is 206 g/mol. The van der Waals surface area contributed by atoms with Crippen LogP contribution in [0.4, 0.5) is 0 Å². The predicted octanol–water partition coefficient (Wildman–Crippen LogP) is 4.12. The summed E-state index contributed by atoms with van der Waals surface area (Å²) in [6.07, 6.45) is 2.45. The first-order valence-corrected chi connectivity index (χ1v) is 6.96. The van der Waals surface area contributed by atoms with Gasteiger partial charge in [-0.1, -0.05) is 57.0 Å². The molecule has 0 fully saturated rings. The molecule has 96 valence electrons. The van der Waals surface area contributed by atoms with Crippen LogP contribution in [0.3, 0.4) is 0 Å². The Balaban J connectivity index is 2.71. The van der Waals surface area contributed by atoms with Crippen molar-refractivity contribution >= 4 is 0 Å². The van der Waals surface area contributed by atoms with Crippen LogP contribution in [0.25, 0.3) is 0 Å². The van der Waals surface area contributed by atoms with Crippen LogP contribution in [0.15, 0.2) is 24.3 Å². The Kier molecular flexibility index (Phi) is 6.28. The van der Waals surface area contributed by atoms with Gasteiger partial charge in [-0.3, -0.25) is 0 Å². The van der Waals surface area contributed by atoms with E-state index in [2.05, 4.69) is 57.3 Å². The SMILES string of the molecule is CCCNCC(c1ccc(C)cc1)C(C)CC. The van der Waals surface area contributed by atoms with E-state index >= 15 is 0 Å². The van der Waals surface area contributed by atoms with Crippen molar-refractivity contribution in [2.75, 3.05) is 13.1 Å². The largest absolute Gasteiger partial charge is 0.316 e. The van der Waals surface area contributed by atoms with Crippen LogP contribution in [-0.2, 0) is 0 Å². The molecule has 0 spiro atoms. The molecule has 0 saturated heterocycles. The van der Waals surface area contributed by atoms with Crippen molar-refractivity contribution in [2.45, 2.75) is 46.5 Å². The Bertz CT molecular complexity index is 302. The Morgan fingerprint density at radius 3 is 2.29 bits per heavy atom. The molecule has 1 nitrogen and oxygen atoms in total. The Labute approximate surface area is 107 Å². The third kappa shape index (κ3) is 4.51. The maximum atomic E-state index is 3.56. The molecule has 2 unspecified atom stereocenters. The Morgan fingerprint density at radius 2 is 1.76 bits per heavy atom. The van der Waals surface area contributed by atoms with Crippen molar-refractivity contribution in [2.24, 2.45) is 5.92 Å². The van der Waals surface area contributed by atoms with Crippen LogP contribution < -0.4 is 5.32 Å². The summed E-state index contributed by atoms with van der Waals surface area (Å²) < 4.78 is 0. The van der Waals surface area contributed by atoms with Gasteiger partial charge in [0, 0.05) is 6.54 Å². The van der Waals surface area contributed by atoms with E-state index in [1.807, 2.05) is 0 Å². The molecule has 1 rings (SSSR count). The van der Waals surface area contributed by atoms with Gasteiger partial charge in [0.15, 0.2) is 0 Å². The highest BCUT2D eigenvalue weighted by atomic mass is 14.9. The van der Waals surface area contributed by atoms with Crippen LogP contribution in [0.5, 0.6) is 0 Å². The molecule has 0 saturated carbocycles. The molecule has 17 heavy (non-hydrogen) atoms. The molecule has 1 aromatic rings. The van der Waals surface area contributed by atoms with Crippen molar-refractivity contribution < 1.29 is 0 Å². The number of aryl methyl sites for hydroxylation is 1. The fourth-order valence-electron chi connectivity index (χ4n) is 2.18. The molecule has 0 aliphatic rings. The summed E-state index contributed by atoms with van der Waals surface area (Å²) >= 11 is 0. The van der Waals surface area contributed by atoms with Crippen molar-refractivity contribution in [3.63, 3.8) is 0 Å². The van der Waals surface area contributed by atoms with Crippen LogP contribution in [-0.4, -0.2) is 13.1 Å². The summed E-state index contributed by atoms with van der Waals surface area (Å²) in [6.45, 7) is 11.2. The monoisotopic (exact) mass is 233 g/mol. The number of hydrogen-bond acceptors (Lipinski definition) is 1. The smallest absolute Gasteiger partial charge is 0.00227 e. The van der Waals surface area contributed by atoms with E-state index in [1.54, 1.807) is 0 Å². The average Bonchev–Trinajstić information content (AvgIpc) is 2.35. The van der Waals surface area contributed by atoms with Crippen molar-refractivity contribution in [3.8, 4) is 0 Å². The molecule has 0 amide bonds. The van der Waals surface area contributed by atoms with Crippen LogP contribution in [0, 0.1) is 12.8 Å². The van der Waals surface area contributed by atoms with Gasteiger partial charge in [0.2, 0.25) is 0 Å². The van der Waals surface area contributed by atoms with Crippen LogP contribution in [0.1, 0.15) is 50.7 Å². The zero-order chi connectivity index (χ0) is 12.7. The van der Waals surface area contributed by atoms with E-state index in [9.17, 15) is 0 Å². The highest BCUT2D eigenvalue weighted by molar-refractivity contribution is 5.25. The van der Waals surface area contributed by atoms with E-state index in [0.29, 0.717) is 5.92 Å². The van der Waals surface area contributed by atoms with Gasteiger partial charge in [0.05, 0.1) is 0 Å². The van der Waals surface area contributed by atoms with Crippen LogP contribution in [0.2, 0.25) is 0 Å². The molecule has 0 radical (unpaired) electrons. The minimum Gasteiger partial charge on any atom is -0.316 e. The summed E-state index contributed by atoms with van der Waals surface area (Å²) in [5.74, 6) is 1.38. The standard InChI is InChI=1S/C16H27N/c1-5-11-17-12-16(14(4)6-2)15-9-7-13(3)8-10-15/h7-10,14,16-17H,5-6,11-12H2,1-4H3. The number of nitrogens with one attached hydrogen (secondary N) is 1. The third-order valence-electron chi connectivity index (χ3n) is 3.63. The average molecular weight is 233 g/mol. The van der Waals surface area contributed by atoms with E-state index in [4.69, 9.17) is 0 Å². The first kappa shape index (κ1) is 14.2. The minimum absolute atomic E-state index is 0.646. The Morgan fingerprint density at radius 1 is 1.12 bits per heavy atom. The van der Waals surface area contributed by atoms with E-state index in [1.165, 1.54) is 24.0 Å². The lowest BCUT2D eigenvalue weighted by molar-refractivity contribution is 0.421. The van der Waals surface area contributed by atoms with Gasteiger partial charge in [-0.15, -0.1) is 0 Å². The summed E-state index contributed by atoms with van der Waals surface area (Å²) in [5, 5.41) is 3.56. The molecule has 0 aliphatic carbocycles. The third-order valence-corrected chi connectivity index (χ3v) is 3.63. The lowest BCUT2D eigenvalue weighted by atomic mass is 9.85. The number of benzene rings is 1. The maximum Gasteiger partial charge on any atom is 0.00227 e. The molecule has 0 bridgehead atoms. The predicted molar refractivity (Wildman–Crippen MR) is 76.5 cm³/mol. The Hall–Kier alpha value is -0.820. The van der Waals surface area contributed by atoms with Gasteiger partial charge in [-0.05, 0) is 37.3 Å². The van der Waals surface area contributed by atoms with E-state index in [0.717, 1.165) is 19.0 Å². The quantitative estimate of drug-likeness (QED) is 0.698. The lowest BCUT2D eigenvalue weighted by Gasteiger charge is -2.24. The fourth-order valence-corrected chi connectivity index (χ4v) is 2.18. The van der Waals surface area contributed by atoms with E-state index < -0.39 is 0 Å². The normalized spacial score (nSPS) is 14.6. The second-order valence-corrected chi connectivity index (χ2v) is 5.11. The number of hydrogen-bond donors (Lipinski definition) is 1. The first-order chi connectivity index (χ1) is 8.19. The van der Waals surface area contributed by atoms with Crippen molar-refractivity contribution in [1.82, 2.24) is 5.32 Å². The molecule has 2 atom stereocenters. The van der Waals surface area contributed by atoms with Gasteiger partial charge >= 0.3 is 0 Å². The van der Waals surface area contributed by atoms with Gasteiger partial charge in [-0.2, -0.15) is 0 Å². The molecule has 0 aromatic heterocycles. The minimum atomic E-state index is 0.646. The highest BCUT2D eigenvalue weighted by Crippen LogP contribution is 2.26. The summed E-state index contributed by atoms with van der Waals surface area (Å²) in [7, 11) is 0. The first-order valence-electron chi connectivity index (χ1n) is 6.96. The van der Waals surface area contributed by atoms with E-state index in [-0.39, 0.29) is 0 Å². The fraction of sp³-hybridized carbons (Fsp3) is 0.625. The summed E-state index contributed by atoms with van der Waals surface area (Å²) in [5.41, 5.74) is 2.83.